The Morgan fingerprint density at radius 1 is 1.46 bits per heavy atom. The molecule has 0 fully saturated rings. The molecule has 0 amide bonds. The Hall–Kier alpha value is -0.530. The molecule has 1 nitrogen and oxygen atoms in total. The standard InChI is InChI=1S/C11H13ClO/c12-11-3-1-2-9-8(6-7-13)4-5-10(9)11/h1-3,8,13H,4-7H2. The van der Waals surface area contributed by atoms with Gasteiger partial charge in [-0.15, -0.1) is 0 Å². The first kappa shape index (κ1) is 9.04. The summed E-state index contributed by atoms with van der Waals surface area (Å²) in [7, 11) is 0. The molecule has 0 aliphatic heterocycles. The van der Waals surface area contributed by atoms with Crippen molar-refractivity contribution in [3.8, 4) is 0 Å². The van der Waals surface area contributed by atoms with E-state index in [1.165, 1.54) is 11.1 Å². The highest BCUT2D eigenvalue weighted by Crippen LogP contribution is 2.38. The van der Waals surface area contributed by atoms with E-state index in [0.717, 1.165) is 24.3 Å². The smallest absolute Gasteiger partial charge is 0.0440 e. The molecule has 0 heterocycles. The van der Waals surface area contributed by atoms with E-state index in [1.807, 2.05) is 12.1 Å². The monoisotopic (exact) mass is 196 g/mol. The first-order valence-corrected chi connectivity index (χ1v) is 5.09. The third-order valence-corrected chi connectivity index (χ3v) is 3.17. The van der Waals surface area contributed by atoms with Crippen molar-refractivity contribution in [2.24, 2.45) is 0 Å². The van der Waals surface area contributed by atoms with Crippen LogP contribution in [0.25, 0.3) is 0 Å². The lowest BCUT2D eigenvalue weighted by Gasteiger charge is -2.09. The van der Waals surface area contributed by atoms with Crippen molar-refractivity contribution in [3.63, 3.8) is 0 Å². The molecule has 2 heteroatoms. The average Bonchev–Trinajstić information content (AvgIpc) is 2.51. The van der Waals surface area contributed by atoms with Gasteiger partial charge in [0.05, 0.1) is 0 Å². The van der Waals surface area contributed by atoms with Crippen LogP contribution in [-0.4, -0.2) is 11.7 Å². The van der Waals surface area contributed by atoms with Crippen LogP contribution in [0.15, 0.2) is 18.2 Å². The van der Waals surface area contributed by atoms with Crippen molar-refractivity contribution in [2.45, 2.75) is 25.2 Å². The summed E-state index contributed by atoms with van der Waals surface area (Å²) in [5, 5.41) is 9.78. The summed E-state index contributed by atoms with van der Waals surface area (Å²) in [4.78, 5) is 0. The maximum Gasteiger partial charge on any atom is 0.0440 e. The van der Waals surface area contributed by atoms with Gasteiger partial charge in [0, 0.05) is 11.6 Å². The fraction of sp³-hybridized carbons (Fsp3) is 0.455. The molecule has 70 valence electrons. The summed E-state index contributed by atoms with van der Waals surface area (Å²) in [5.41, 5.74) is 2.64. The van der Waals surface area contributed by atoms with Crippen LogP contribution in [0.1, 0.15) is 29.9 Å². The highest BCUT2D eigenvalue weighted by molar-refractivity contribution is 6.31. The summed E-state index contributed by atoms with van der Waals surface area (Å²) >= 11 is 6.07. The van der Waals surface area contributed by atoms with Gasteiger partial charge in [-0.2, -0.15) is 0 Å². The average molecular weight is 197 g/mol. The Labute approximate surface area is 83.3 Å². The largest absolute Gasteiger partial charge is 0.396 e. The Bertz CT molecular complexity index is 309. The van der Waals surface area contributed by atoms with Gasteiger partial charge in [0.1, 0.15) is 0 Å². The van der Waals surface area contributed by atoms with Gasteiger partial charge < -0.3 is 5.11 Å². The lowest BCUT2D eigenvalue weighted by Crippen LogP contribution is -1.96. The van der Waals surface area contributed by atoms with Crippen LogP contribution in [0, 0.1) is 0 Å². The molecule has 1 aliphatic rings. The number of hydrogen-bond donors (Lipinski definition) is 1. The molecule has 1 aliphatic carbocycles. The van der Waals surface area contributed by atoms with Crippen LogP contribution in [0.2, 0.25) is 5.02 Å². The molecule has 1 unspecified atom stereocenters. The minimum Gasteiger partial charge on any atom is -0.396 e. The zero-order chi connectivity index (χ0) is 9.26. The van der Waals surface area contributed by atoms with Gasteiger partial charge in [-0.3, -0.25) is 0 Å². The maximum atomic E-state index is 8.89. The number of benzene rings is 1. The van der Waals surface area contributed by atoms with Crippen molar-refractivity contribution in [1.29, 1.82) is 0 Å². The highest BCUT2D eigenvalue weighted by Gasteiger charge is 2.23. The molecular weight excluding hydrogens is 184 g/mol. The van der Waals surface area contributed by atoms with E-state index in [4.69, 9.17) is 16.7 Å². The van der Waals surface area contributed by atoms with Gasteiger partial charge in [-0.25, -0.2) is 0 Å². The Balaban J connectivity index is 2.32. The molecule has 0 saturated heterocycles. The maximum absolute atomic E-state index is 8.89. The summed E-state index contributed by atoms with van der Waals surface area (Å²) in [6, 6.07) is 6.08. The number of rotatable bonds is 2. The van der Waals surface area contributed by atoms with Crippen LogP contribution in [0.4, 0.5) is 0 Å². The number of halogens is 1. The van der Waals surface area contributed by atoms with E-state index < -0.39 is 0 Å². The predicted octanol–water partition coefficient (Wildman–Crippen LogP) is 2.75. The van der Waals surface area contributed by atoms with E-state index in [1.54, 1.807) is 0 Å². The van der Waals surface area contributed by atoms with Crippen molar-refractivity contribution in [1.82, 2.24) is 0 Å². The van der Waals surface area contributed by atoms with E-state index in [0.29, 0.717) is 5.92 Å². The van der Waals surface area contributed by atoms with Crippen LogP contribution in [-0.2, 0) is 6.42 Å². The van der Waals surface area contributed by atoms with E-state index in [-0.39, 0.29) is 6.61 Å². The zero-order valence-corrected chi connectivity index (χ0v) is 8.22. The zero-order valence-electron chi connectivity index (χ0n) is 7.46. The third kappa shape index (κ3) is 1.59. The summed E-state index contributed by atoms with van der Waals surface area (Å²) in [5.74, 6) is 0.527. The molecule has 1 N–H and O–H groups in total. The lowest BCUT2D eigenvalue weighted by molar-refractivity contribution is 0.275. The number of aliphatic hydroxyl groups excluding tert-OH is 1. The van der Waals surface area contributed by atoms with Gasteiger partial charge >= 0.3 is 0 Å². The molecule has 1 aromatic carbocycles. The van der Waals surface area contributed by atoms with Gasteiger partial charge in [-0.05, 0) is 42.4 Å². The predicted molar refractivity (Wildman–Crippen MR) is 54.2 cm³/mol. The van der Waals surface area contributed by atoms with Crippen molar-refractivity contribution < 1.29 is 5.11 Å². The first-order chi connectivity index (χ1) is 6.33. The molecule has 0 saturated carbocycles. The van der Waals surface area contributed by atoms with Crippen LogP contribution in [0.3, 0.4) is 0 Å². The van der Waals surface area contributed by atoms with Crippen LogP contribution < -0.4 is 0 Å². The van der Waals surface area contributed by atoms with Crippen LogP contribution in [0.5, 0.6) is 0 Å². The molecule has 1 aromatic rings. The fourth-order valence-corrected chi connectivity index (χ4v) is 2.43. The van der Waals surface area contributed by atoms with Crippen LogP contribution >= 0.6 is 11.6 Å². The number of hydrogen-bond acceptors (Lipinski definition) is 1. The summed E-state index contributed by atoms with van der Waals surface area (Å²) < 4.78 is 0. The third-order valence-electron chi connectivity index (χ3n) is 2.82. The SMILES string of the molecule is OCCC1CCc2c(Cl)cccc21. The number of fused-ring (bicyclic) bond motifs is 1. The summed E-state index contributed by atoms with van der Waals surface area (Å²) in [6.07, 6.45) is 3.08. The Morgan fingerprint density at radius 3 is 3.08 bits per heavy atom. The van der Waals surface area contributed by atoms with Gasteiger partial charge in [-0.1, -0.05) is 23.7 Å². The molecule has 2 rings (SSSR count). The van der Waals surface area contributed by atoms with Crippen molar-refractivity contribution in [3.05, 3.63) is 34.3 Å². The quantitative estimate of drug-likeness (QED) is 0.771. The minimum atomic E-state index is 0.274. The molecule has 0 spiro atoms. The van der Waals surface area contributed by atoms with Crippen molar-refractivity contribution in [2.75, 3.05) is 6.61 Å². The normalized spacial score (nSPS) is 20.3. The van der Waals surface area contributed by atoms with Gasteiger partial charge in [0.15, 0.2) is 0 Å². The lowest BCUT2D eigenvalue weighted by atomic mass is 9.98. The second-order valence-corrected chi connectivity index (χ2v) is 3.96. The summed E-state index contributed by atoms with van der Waals surface area (Å²) in [6.45, 7) is 0.274. The first-order valence-electron chi connectivity index (χ1n) is 4.71. The van der Waals surface area contributed by atoms with E-state index in [2.05, 4.69) is 6.07 Å². The molecule has 0 bridgehead atoms. The topological polar surface area (TPSA) is 20.2 Å². The molecular formula is C11H13ClO. The minimum absolute atomic E-state index is 0.274. The fourth-order valence-electron chi connectivity index (χ4n) is 2.15. The van der Waals surface area contributed by atoms with Gasteiger partial charge in [0.2, 0.25) is 0 Å². The van der Waals surface area contributed by atoms with E-state index in [9.17, 15) is 0 Å². The molecule has 0 aromatic heterocycles. The second kappa shape index (κ2) is 3.69. The number of aliphatic hydroxyl groups is 1. The van der Waals surface area contributed by atoms with Gasteiger partial charge in [0.25, 0.3) is 0 Å². The Kier molecular flexibility index (Phi) is 2.56. The Morgan fingerprint density at radius 2 is 2.31 bits per heavy atom. The molecule has 0 radical (unpaired) electrons. The van der Waals surface area contributed by atoms with Crippen molar-refractivity contribution >= 4 is 11.6 Å². The highest BCUT2D eigenvalue weighted by atomic mass is 35.5. The van der Waals surface area contributed by atoms with E-state index >= 15 is 0 Å². The molecule has 1 atom stereocenters. The second-order valence-electron chi connectivity index (χ2n) is 3.56. The molecule has 13 heavy (non-hydrogen) atoms.